The van der Waals surface area contributed by atoms with Crippen molar-refractivity contribution in [2.45, 2.75) is 31.9 Å². The summed E-state index contributed by atoms with van der Waals surface area (Å²) in [7, 11) is 0. The van der Waals surface area contributed by atoms with E-state index in [1.54, 1.807) is 6.92 Å². The molecule has 0 saturated carbocycles. The van der Waals surface area contributed by atoms with Crippen LogP contribution in [0.15, 0.2) is 0 Å². The number of ether oxygens (including phenoxy) is 1. The van der Waals surface area contributed by atoms with Crippen molar-refractivity contribution in [3.63, 3.8) is 0 Å². The molecule has 0 aromatic carbocycles. The van der Waals surface area contributed by atoms with Gasteiger partial charge in [-0.25, -0.2) is 4.79 Å². The van der Waals surface area contributed by atoms with Crippen molar-refractivity contribution in [2.75, 3.05) is 13.2 Å². The van der Waals surface area contributed by atoms with Crippen LogP contribution in [0.2, 0.25) is 0 Å². The summed E-state index contributed by atoms with van der Waals surface area (Å²) >= 11 is 0. The third-order valence-electron chi connectivity index (χ3n) is 2.06. The van der Waals surface area contributed by atoms with Crippen LogP contribution in [0.25, 0.3) is 0 Å². The highest BCUT2D eigenvalue weighted by Crippen LogP contribution is 2.06. The van der Waals surface area contributed by atoms with Gasteiger partial charge in [-0.1, -0.05) is 0 Å². The van der Waals surface area contributed by atoms with Crippen molar-refractivity contribution in [3.05, 3.63) is 0 Å². The zero-order valence-electron chi connectivity index (χ0n) is 7.25. The Labute approximate surface area is 71.9 Å². The SMILES string of the molecule is CC(OCC1CCCN1)C(=O)O. The molecule has 1 aliphatic rings. The molecule has 0 aliphatic carbocycles. The summed E-state index contributed by atoms with van der Waals surface area (Å²) < 4.78 is 5.13. The van der Waals surface area contributed by atoms with Crippen molar-refractivity contribution in [3.8, 4) is 0 Å². The van der Waals surface area contributed by atoms with Crippen molar-refractivity contribution in [2.24, 2.45) is 0 Å². The first-order chi connectivity index (χ1) is 5.70. The zero-order valence-corrected chi connectivity index (χ0v) is 7.25. The molecule has 1 aliphatic heterocycles. The Morgan fingerprint density at radius 3 is 3.08 bits per heavy atom. The van der Waals surface area contributed by atoms with E-state index in [0.29, 0.717) is 12.6 Å². The van der Waals surface area contributed by atoms with Gasteiger partial charge in [-0.2, -0.15) is 0 Å². The van der Waals surface area contributed by atoms with E-state index < -0.39 is 12.1 Å². The molecule has 0 amide bonds. The Morgan fingerprint density at radius 2 is 2.58 bits per heavy atom. The summed E-state index contributed by atoms with van der Waals surface area (Å²) in [6.45, 7) is 3.08. The number of hydrogen-bond donors (Lipinski definition) is 2. The van der Waals surface area contributed by atoms with Gasteiger partial charge in [0.15, 0.2) is 6.10 Å². The van der Waals surface area contributed by atoms with Crippen molar-refractivity contribution in [1.82, 2.24) is 5.32 Å². The minimum Gasteiger partial charge on any atom is -0.479 e. The topological polar surface area (TPSA) is 58.6 Å². The Morgan fingerprint density at radius 1 is 1.83 bits per heavy atom. The van der Waals surface area contributed by atoms with Crippen LogP contribution in [0, 0.1) is 0 Å². The predicted molar refractivity (Wildman–Crippen MR) is 44.1 cm³/mol. The quantitative estimate of drug-likeness (QED) is 0.639. The van der Waals surface area contributed by atoms with Gasteiger partial charge in [0.25, 0.3) is 0 Å². The first-order valence-electron chi connectivity index (χ1n) is 4.28. The lowest BCUT2D eigenvalue weighted by Gasteiger charge is -2.13. The first kappa shape index (κ1) is 9.48. The number of nitrogens with one attached hydrogen (secondary N) is 1. The second-order valence-corrected chi connectivity index (χ2v) is 3.11. The smallest absolute Gasteiger partial charge is 0.332 e. The Bertz CT molecular complexity index is 154. The van der Waals surface area contributed by atoms with E-state index in [2.05, 4.69) is 5.32 Å². The fraction of sp³-hybridized carbons (Fsp3) is 0.875. The largest absolute Gasteiger partial charge is 0.479 e. The molecule has 2 N–H and O–H groups in total. The normalized spacial score (nSPS) is 25.6. The average Bonchev–Trinajstić information content (AvgIpc) is 2.51. The standard InChI is InChI=1S/C8H15NO3/c1-6(8(10)11)12-5-7-3-2-4-9-7/h6-7,9H,2-5H2,1H3,(H,10,11). The molecule has 4 nitrogen and oxygen atoms in total. The van der Waals surface area contributed by atoms with Gasteiger partial charge in [-0.15, -0.1) is 0 Å². The summed E-state index contributed by atoms with van der Waals surface area (Å²) in [5.74, 6) is -0.895. The highest BCUT2D eigenvalue weighted by Gasteiger charge is 2.17. The van der Waals surface area contributed by atoms with E-state index in [4.69, 9.17) is 9.84 Å². The second kappa shape index (κ2) is 4.42. The van der Waals surface area contributed by atoms with Gasteiger partial charge in [0, 0.05) is 6.04 Å². The molecule has 0 aromatic heterocycles. The van der Waals surface area contributed by atoms with E-state index in [-0.39, 0.29) is 0 Å². The summed E-state index contributed by atoms with van der Waals surface area (Å²) in [4.78, 5) is 10.4. The summed E-state index contributed by atoms with van der Waals surface area (Å²) in [6.07, 6.45) is 1.56. The van der Waals surface area contributed by atoms with Crippen molar-refractivity contribution >= 4 is 5.97 Å². The molecular formula is C8H15NO3. The molecule has 2 unspecified atom stereocenters. The van der Waals surface area contributed by atoms with Crippen LogP contribution in [-0.2, 0) is 9.53 Å². The van der Waals surface area contributed by atoms with Crippen LogP contribution in [0.4, 0.5) is 0 Å². The van der Waals surface area contributed by atoms with Gasteiger partial charge in [0.1, 0.15) is 0 Å². The molecule has 0 aromatic rings. The predicted octanol–water partition coefficient (Wildman–Crippen LogP) is 0.228. The monoisotopic (exact) mass is 173 g/mol. The van der Waals surface area contributed by atoms with Gasteiger partial charge in [0.2, 0.25) is 0 Å². The maximum Gasteiger partial charge on any atom is 0.332 e. The summed E-state index contributed by atoms with van der Waals surface area (Å²) in [5.41, 5.74) is 0. The molecule has 12 heavy (non-hydrogen) atoms. The molecular weight excluding hydrogens is 158 g/mol. The third kappa shape index (κ3) is 2.79. The van der Waals surface area contributed by atoms with Crippen LogP contribution < -0.4 is 5.32 Å². The number of hydrogen-bond acceptors (Lipinski definition) is 3. The molecule has 4 heteroatoms. The average molecular weight is 173 g/mol. The Hall–Kier alpha value is -0.610. The number of carboxylic acids is 1. The van der Waals surface area contributed by atoms with E-state index in [1.807, 2.05) is 0 Å². The van der Waals surface area contributed by atoms with Gasteiger partial charge >= 0.3 is 5.97 Å². The molecule has 1 saturated heterocycles. The molecule has 1 heterocycles. The van der Waals surface area contributed by atoms with E-state index in [0.717, 1.165) is 19.4 Å². The lowest BCUT2D eigenvalue weighted by atomic mass is 10.2. The minimum absolute atomic E-state index is 0.354. The van der Waals surface area contributed by atoms with E-state index in [1.165, 1.54) is 0 Å². The third-order valence-corrected chi connectivity index (χ3v) is 2.06. The highest BCUT2D eigenvalue weighted by molar-refractivity contribution is 5.71. The van der Waals surface area contributed by atoms with Gasteiger partial charge in [0.05, 0.1) is 6.61 Å². The van der Waals surface area contributed by atoms with Crippen LogP contribution in [0.3, 0.4) is 0 Å². The molecule has 70 valence electrons. The van der Waals surface area contributed by atoms with E-state index in [9.17, 15) is 4.79 Å². The molecule has 1 rings (SSSR count). The zero-order chi connectivity index (χ0) is 8.97. The number of aliphatic carboxylic acids is 1. The maximum absolute atomic E-state index is 10.4. The first-order valence-corrected chi connectivity index (χ1v) is 4.28. The van der Waals surface area contributed by atoms with Gasteiger partial charge in [-0.3, -0.25) is 0 Å². The van der Waals surface area contributed by atoms with Crippen molar-refractivity contribution < 1.29 is 14.6 Å². The Kier molecular flexibility index (Phi) is 3.49. The molecule has 0 radical (unpaired) electrons. The summed E-state index contributed by atoms with van der Waals surface area (Å²) in [6, 6.07) is 0.354. The van der Waals surface area contributed by atoms with Crippen LogP contribution >= 0.6 is 0 Å². The minimum atomic E-state index is -0.895. The lowest BCUT2D eigenvalue weighted by molar-refractivity contribution is -0.149. The molecule has 0 bridgehead atoms. The maximum atomic E-state index is 10.4. The number of rotatable bonds is 4. The van der Waals surface area contributed by atoms with E-state index >= 15 is 0 Å². The van der Waals surface area contributed by atoms with Gasteiger partial charge < -0.3 is 15.2 Å². The Balaban J connectivity index is 2.11. The van der Waals surface area contributed by atoms with Crippen molar-refractivity contribution in [1.29, 1.82) is 0 Å². The second-order valence-electron chi connectivity index (χ2n) is 3.11. The molecule has 1 fully saturated rings. The number of carbonyl (C=O) groups is 1. The highest BCUT2D eigenvalue weighted by atomic mass is 16.5. The fourth-order valence-electron chi connectivity index (χ4n) is 1.23. The van der Waals surface area contributed by atoms with Crippen LogP contribution in [0.1, 0.15) is 19.8 Å². The van der Waals surface area contributed by atoms with Gasteiger partial charge in [-0.05, 0) is 26.3 Å². The molecule has 2 atom stereocenters. The molecule has 0 spiro atoms. The number of carboxylic acid groups (broad SMARTS) is 1. The van der Waals surface area contributed by atoms with Crippen LogP contribution in [-0.4, -0.2) is 36.4 Å². The lowest BCUT2D eigenvalue weighted by Crippen LogP contribution is -2.31. The summed E-state index contributed by atoms with van der Waals surface area (Å²) in [5, 5.41) is 11.7. The fourth-order valence-corrected chi connectivity index (χ4v) is 1.23. The van der Waals surface area contributed by atoms with Crippen LogP contribution in [0.5, 0.6) is 0 Å².